The molecule has 0 saturated carbocycles. The number of amides is 1. The fourth-order valence-corrected chi connectivity index (χ4v) is 3.76. The summed E-state index contributed by atoms with van der Waals surface area (Å²) in [6, 6.07) is 12.8. The highest BCUT2D eigenvalue weighted by molar-refractivity contribution is 9.10. The minimum atomic E-state index is -0.270. The molecule has 0 aliphatic rings. The molecule has 23 heavy (non-hydrogen) atoms. The molecule has 0 N–H and O–H groups in total. The van der Waals surface area contributed by atoms with E-state index in [1.807, 2.05) is 34.9 Å². The maximum absolute atomic E-state index is 12.4. The van der Waals surface area contributed by atoms with E-state index >= 15 is 0 Å². The molecule has 0 bridgehead atoms. The number of halogens is 2. The normalized spacial score (nSPS) is 11.8. The summed E-state index contributed by atoms with van der Waals surface area (Å²) in [6.07, 6.45) is 1.78. The summed E-state index contributed by atoms with van der Waals surface area (Å²) in [5, 5.41) is 0.662. The van der Waals surface area contributed by atoms with Crippen molar-refractivity contribution in [2.75, 3.05) is 0 Å². The molecule has 0 aliphatic heterocycles. The first-order chi connectivity index (χ1) is 11.1. The second-order valence-corrected chi connectivity index (χ2v) is 7.18. The average molecular weight is 408 g/mol. The number of fused-ring (bicyclic) bond motifs is 1. The summed E-state index contributed by atoms with van der Waals surface area (Å²) in [4.78, 5) is 17.3. The largest absolute Gasteiger partial charge is 0.312 e. The molecule has 0 saturated heterocycles. The Bertz CT molecular complexity index is 957. The van der Waals surface area contributed by atoms with Gasteiger partial charge in [0.15, 0.2) is 4.80 Å². The molecule has 2 aromatic carbocycles. The highest BCUT2D eigenvalue weighted by atomic mass is 79.9. The molecule has 3 nitrogen and oxygen atoms in total. The Kier molecular flexibility index (Phi) is 4.80. The topological polar surface area (TPSA) is 34.4 Å². The zero-order valence-corrected chi connectivity index (χ0v) is 15.2. The van der Waals surface area contributed by atoms with Gasteiger partial charge >= 0.3 is 0 Å². The van der Waals surface area contributed by atoms with Crippen LogP contribution in [-0.2, 0) is 6.54 Å². The summed E-state index contributed by atoms with van der Waals surface area (Å²) in [5.74, 6) is -0.270. The lowest BCUT2D eigenvalue weighted by Gasteiger charge is -2.01. The highest BCUT2D eigenvalue weighted by Crippen LogP contribution is 2.22. The zero-order chi connectivity index (χ0) is 16.4. The molecule has 3 aromatic rings. The van der Waals surface area contributed by atoms with E-state index in [1.54, 1.807) is 18.2 Å². The molecule has 1 heterocycles. The van der Waals surface area contributed by atoms with Gasteiger partial charge in [0.2, 0.25) is 0 Å². The number of aromatic nitrogens is 1. The SMILES string of the molecule is C=CCn1c(=NC(=O)c2ccc(Br)cc2)sc2cc(Cl)ccc21. The Labute approximate surface area is 150 Å². The van der Waals surface area contributed by atoms with Gasteiger partial charge < -0.3 is 4.57 Å². The first kappa shape index (κ1) is 16.2. The zero-order valence-electron chi connectivity index (χ0n) is 12.0. The summed E-state index contributed by atoms with van der Waals surface area (Å²) in [5.41, 5.74) is 1.54. The first-order valence-corrected chi connectivity index (χ1v) is 8.81. The van der Waals surface area contributed by atoms with Crippen molar-refractivity contribution in [1.82, 2.24) is 4.57 Å². The lowest BCUT2D eigenvalue weighted by Crippen LogP contribution is -2.16. The summed E-state index contributed by atoms with van der Waals surface area (Å²) < 4.78 is 3.87. The van der Waals surface area contributed by atoms with Crippen LogP contribution >= 0.6 is 38.9 Å². The highest BCUT2D eigenvalue weighted by Gasteiger charge is 2.09. The fourth-order valence-electron chi connectivity index (χ4n) is 2.18. The molecular formula is C17H12BrClN2OS. The molecule has 0 spiro atoms. The van der Waals surface area contributed by atoms with Gasteiger partial charge in [0.1, 0.15) is 0 Å². The lowest BCUT2D eigenvalue weighted by atomic mass is 10.2. The number of nitrogens with zero attached hydrogens (tertiary/aromatic N) is 2. The van der Waals surface area contributed by atoms with Crippen LogP contribution in [0, 0.1) is 0 Å². The smallest absolute Gasteiger partial charge is 0.279 e. The molecule has 0 aliphatic carbocycles. The Hall–Kier alpha value is -1.69. The maximum Gasteiger partial charge on any atom is 0.279 e. The van der Waals surface area contributed by atoms with Gasteiger partial charge in [0.25, 0.3) is 5.91 Å². The molecule has 3 rings (SSSR count). The third kappa shape index (κ3) is 3.47. The van der Waals surface area contributed by atoms with Crippen LogP contribution in [0.5, 0.6) is 0 Å². The maximum atomic E-state index is 12.4. The number of hydrogen-bond donors (Lipinski definition) is 0. The van der Waals surface area contributed by atoms with E-state index in [2.05, 4.69) is 27.5 Å². The van der Waals surface area contributed by atoms with Gasteiger partial charge in [0.05, 0.1) is 10.2 Å². The predicted molar refractivity (Wildman–Crippen MR) is 99.1 cm³/mol. The molecule has 1 amide bonds. The number of benzene rings is 2. The number of allylic oxidation sites excluding steroid dienone is 1. The monoisotopic (exact) mass is 406 g/mol. The van der Waals surface area contributed by atoms with Gasteiger partial charge in [-0.25, -0.2) is 0 Å². The van der Waals surface area contributed by atoms with Crippen molar-refractivity contribution >= 4 is 55.0 Å². The number of thiazole rings is 1. The summed E-state index contributed by atoms with van der Waals surface area (Å²) >= 11 is 10.8. The van der Waals surface area contributed by atoms with Gasteiger partial charge in [-0.2, -0.15) is 4.99 Å². The van der Waals surface area contributed by atoms with Crippen LogP contribution < -0.4 is 4.80 Å². The molecule has 0 fully saturated rings. The van der Waals surface area contributed by atoms with Crippen molar-refractivity contribution in [3.63, 3.8) is 0 Å². The van der Waals surface area contributed by atoms with Crippen molar-refractivity contribution in [3.8, 4) is 0 Å². The van der Waals surface area contributed by atoms with Crippen LogP contribution in [0.2, 0.25) is 5.02 Å². The van der Waals surface area contributed by atoms with Crippen molar-refractivity contribution < 1.29 is 4.79 Å². The van der Waals surface area contributed by atoms with Gasteiger partial charge in [-0.15, -0.1) is 6.58 Å². The fraction of sp³-hybridized carbons (Fsp3) is 0.0588. The third-order valence-corrected chi connectivity index (χ3v) is 5.05. The Morgan fingerprint density at radius 3 is 2.74 bits per heavy atom. The first-order valence-electron chi connectivity index (χ1n) is 6.83. The standard InChI is InChI=1S/C17H12BrClN2OS/c1-2-9-21-14-8-7-13(19)10-15(14)23-17(21)20-16(22)11-3-5-12(18)6-4-11/h2-8,10H,1,9H2. The van der Waals surface area contributed by atoms with Crippen molar-refractivity contribution in [2.45, 2.75) is 6.54 Å². The van der Waals surface area contributed by atoms with Gasteiger partial charge in [-0.3, -0.25) is 4.79 Å². The van der Waals surface area contributed by atoms with E-state index < -0.39 is 0 Å². The quantitative estimate of drug-likeness (QED) is 0.560. The second-order valence-electron chi connectivity index (χ2n) is 4.82. The number of hydrogen-bond acceptors (Lipinski definition) is 2. The second kappa shape index (κ2) is 6.83. The van der Waals surface area contributed by atoms with Crippen molar-refractivity contribution in [1.29, 1.82) is 0 Å². The Morgan fingerprint density at radius 1 is 1.30 bits per heavy atom. The van der Waals surface area contributed by atoms with Crippen molar-refractivity contribution in [3.05, 3.63) is 75.0 Å². The predicted octanol–water partition coefficient (Wildman–Crippen LogP) is 5.05. The van der Waals surface area contributed by atoms with Crippen molar-refractivity contribution in [2.24, 2.45) is 4.99 Å². The Morgan fingerprint density at radius 2 is 2.04 bits per heavy atom. The van der Waals surface area contributed by atoms with Gasteiger partial charge in [-0.1, -0.05) is 44.9 Å². The number of rotatable bonds is 3. The van der Waals surface area contributed by atoms with E-state index in [-0.39, 0.29) is 5.91 Å². The third-order valence-electron chi connectivity index (χ3n) is 3.24. The molecule has 1 aromatic heterocycles. The van der Waals surface area contributed by atoms with E-state index in [9.17, 15) is 4.79 Å². The molecule has 6 heteroatoms. The van der Waals surface area contributed by atoms with Gasteiger partial charge in [-0.05, 0) is 42.5 Å². The van der Waals surface area contributed by atoms with Crippen LogP contribution in [0.3, 0.4) is 0 Å². The van der Waals surface area contributed by atoms with E-state index in [0.29, 0.717) is 21.9 Å². The molecule has 0 unspecified atom stereocenters. The van der Waals surface area contributed by atoms with Crippen LogP contribution in [0.15, 0.2) is 64.6 Å². The van der Waals surface area contributed by atoms with Gasteiger partial charge in [0, 0.05) is 21.6 Å². The molecule has 0 atom stereocenters. The van der Waals surface area contributed by atoms with Crippen LogP contribution in [0.25, 0.3) is 10.2 Å². The molecule has 0 radical (unpaired) electrons. The van der Waals surface area contributed by atoms with E-state index in [4.69, 9.17) is 11.6 Å². The number of carbonyl (C=O) groups is 1. The lowest BCUT2D eigenvalue weighted by molar-refractivity contribution is 0.0998. The average Bonchev–Trinajstić information content (AvgIpc) is 2.85. The van der Waals surface area contributed by atoms with E-state index in [1.165, 1.54) is 11.3 Å². The minimum absolute atomic E-state index is 0.270. The number of carbonyl (C=O) groups excluding carboxylic acids is 1. The summed E-state index contributed by atoms with van der Waals surface area (Å²) in [7, 11) is 0. The summed E-state index contributed by atoms with van der Waals surface area (Å²) in [6.45, 7) is 4.35. The molecular weight excluding hydrogens is 396 g/mol. The molecule has 116 valence electrons. The Balaban J connectivity index is 2.13. The van der Waals surface area contributed by atoms with Crippen LogP contribution in [0.4, 0.5) is 0 Å². The minimum Gasteiger partial charge on any atom is -0.312 e. The van der Waals surface area contributed by atoms with Crippen LogP contribution in [0.1, 0.15) is 10.4 Å². The van der Waals surface area contributed by atoms with E-state index in [0.717, 1.165) is 14.7 Å². The van der Waals surface area contributed by atoms with Crippen LogP contribution in [-0.4, -0.2) is 10.5 Å².